The lowest BCUT2D eigenvalue weighted by Gasteiger charge is -2.25. The molecule has 0 radical (unpaired) electrons. The van der Waals surface area contributed by atoms with Crippen LogP contribution in [0.1, 0.15) is 47.5 Å². The molecule has 8 N–H and O–H groups in total. The first-order valence-electron chi connectivity index (χ1n) is 9.52. The van der Waals surface area contributed by atoms with E-state index in [9.17, 15) is 19.2 Å². The van der Waals surface area contributed by atoms with E-state index in [2.05, 4.69) is 16.0 Å². The Bertz CT molecular complexity index is 552. The third-order valence-corrected chi connectivity index (χ3v) is 4.39. The molecule has 3 amide bonds. The van der Waals surface area contributed by atoms with Crippen LogP contribution in [0.25, 0.3) is 0 Å². The second-order valence-corrected chi connectivity index (χ2v) is 7.57. The molecular formula is C18H35N5O5. The van der Waals surface area contributed by atoms with Crippen LogP contribution in [0, 0.1) is 11.8 Å². The molecule has 0 bridgehead atoms. The SMILES string of the molecule is CC[C@H](C)[C@H](NC(=O)[C@@H](N)CC(C)C)C(=O)NCC(=O)N[C@H](C(=O)O)C(C)N. The Morgan fingerprint density at radius 3 is 1.93 bits per heavy atom. The Morgan fingerprint density at radius 1 is 0.929 bits per heavy atom. The molecule has 0 aromatic heterocycles. The van der Waals surface area contributed by atoms with Crippen molar-refractivity contribution in [3.05, 3.63) is 0 Å². The van der Waals surface area contributed by atoms with Crippen molar-refractivity contribution >= 4 is 23.7 Å². The Kier molecular flexibility index (Phi) is 11.3. The van der Waals surface area contributed by atoms with Crippen LogP contribution in [-0.4, -0.2) is 59.5 Å². The van der Waals surface area contributed by atoms with Gasteiger partial charge in [0.15, 0.2) is 0 Å². The van der Waals surface area contributed by atoms with Crippen molar-refractivity contribution in [1.29, 1.82) is 0 Å². The number of rotatable bonds is 12. The van der Waals surface area contributed by atoms with Crippen LogP contribution in [0.2, 0.25) is 0 Å². The number of amides is 3. The van der Waals surface area contributed by atoms with Gasteiger partial charge in [0, 0.05) is 6.04 Å². The van der Waals surface area contributed by atoms with Crippen LogP contribution in [0.15, 0.2) is 0 Å². The van der Waals surface area contributed by atoms with Crippen molar-refractivity contribution in [3.63, 3.8) is 0 Å². The van der Waals surface area contributed by atoms with Gasteiger partial charge in [-0.25, -0.2) is 4.79 Å². The molecular weight excluding hydrogens is 366 g/mol. The maximum Gasteiger partial charge on any atom is 0.327 e. The summed E-state index contributed by atoms with van der Waals surface area (Å²) in [5.74, 6) is -2.88. The highest BCUT2D eigenvalue weighted by Gasteiger charge is 2.29. The summed E-state index contributed by atoms with van der Waals surface area (Å²) in [5, 5.41) is 16.4. The van der Waals surface area contributed by atoms with E-state index < -0.39 is 54.4 Å². The van der Waals surface area contributed by atoms with Gasteiger partial charge in [0.1, 0.15) is 12.1 Å². The van der Waals surface area contributed by atoms with Gasteiger partial charge in [0.25, 0.3) is 0 Å². The molecule has 1 unspecified atom stereocenters. The predicted molar refractivity (Wildman–Crippen MR) is 105 cm³/mol. The number of hydrogen-bond donors (Lipinski definition) is 6. The van der Waals surface area contributed by atoms with Crippen molar-refractivity contribution < 1.29 is 24.3 Å². The molecule has 0 aromatic carbocycles. The van der Waals surface area contributed by atoms with Gasteiger partial charge in [-0.05, 0) is 25.2 Å². The van der Waals surface area contributed by atoms with Crippen LogP contribution >= 0.6 is 0 Å². The highest BCUT2D eigenvalue weighted by molar-refractivity contribution is 5.92. The number of carbonyl (C=O) groups is 4. The molecule has 0 aromatic rings. The number of nitrogens with two attached hydrogens (primary N) is 2. The molecule has 0 spiro atoms. The van der Waals surface area contributed by atoms with E-state index in [1.807, 2.05) is 20.8 Å². The average molecular weight is 402 g/mol. The average Bonchev–Trinajstić information content (AvgIpc) is 2.59. The van der Waals surface area contributed by atoms with E-state index in [0.29, 0.717) is 12.8 Å². The van der Waals surface area contributed by atoms with Gasteiger partial charge in [-0.3, -0.25) is 14.4 Å². The van der Waals surface area contributed by atoms with Gasteiger partial charge in [-0.15, -0.1) is 0 Å². The largest absolute Gasteiger partial charge is 0.480 e. The van der Waals surface area contributed by atoms with Crippen LogP contribution in [0.3, 0.4) is 0 Å². The molecule has 0 saturated heterocycles. The molecule has 0 aliphatic rings. The first-order valence-corrected chi connectivity index (χ1v) is 9.52. The van der Waals surface area contributed by atoms with E-state index in [-0.39, 0.29) is 11.8 Å². The predicted octanol–water partition coefficient (Wildman–Crippen LogP) is -1.08. The lowest BCUT2D eigenvalue weighted by molar-refractivity contribution is -0.142. The minimum atomic E-state index is -1.27. The molecule has 10 heteroatoms. The van der Waals surface area contributed by atoms with Crippen LogP contribution in [0.5, 0.6) is 0 Å². The smallest absolute Gasteiger partial charge is 0.327 e. The number of hydrogen-bond acceptors (Lipinski definition) is 6. The zero-order chi connectivity index (χ0) is 22.0. The van der Waals surface area contributed by atoms with Crippen molar-refractivity contribution in [3.8, 4) is 0 Å². The molecule has 28 heavy (non-hydrogen) atoms. The van der Waals surface area contributed by atoms with E-state index >= 15 is 0 Å². The first-order chi connectivity index (χ1) is 12.9. The highest BCUT2D eigenvalue weighted by Crippen LogP contribution is 2.09. The summed E-state index contributed by atoms with van der Waals surface area (Å²) in [6.07, 6.45) is 1.10. The normalized spacial score (nSPS) is 16.4. The molecule has 0 heterocycles. The maximum absolute atomic E-state index is 12.5. The summed E-state index contributed by atoms with van der Waals surface area (Å²) in [6.45, 7) is 8.57. The van der Waals surface area contributed by atoms with Crippen LogP contribution in [-0.2, 0) is 19.2 Å². The summed E-state index contributed by atoms with van der Waals surface area (Å²) < 4.78 is 0. The fourth-order valence-electron chi connectivity index (χ4n) is 2.50. The van der Waals surface area contributed by atoms with Gasteiger partial charge in [-0.2, -0.15) is 0 Å². The quantitative estimate of drug-likeness (QED) is 0.241. The Labute approximate surface area is 166 Å². The number of carboxylic acids is 1. The molecule has 10 nitrogen and oxygen atoms in total. The van der Waals surface area contributed by atoms with E-state index in [0.717, 1.165) is 0 Å². The number of carboxylic acid groups (broad SMARTS) is 1. The highest BCUT2D eigenvalue weighted by atomic mass is 16.4. The minimum Gasteiger partial charge on any atom is -0.480 e. The summed E-state index contributed by atoms with van der Waals surface area (Å²) in [5.41, 5.74) is 11.4. The third-order valence-electron chi connectivity index (χ3n) is 4.39. The summed E-state index contributed by atoms with van der Waals surface area (Å²) in [4.78, 5) is 47.8. The first kappa shape index (κ1) is 25.8. The number of aliphatic carboxylic acids is 1. The van der Waals surface area contributed by atoms with Gasteiger partial charge in [0.2, 0.25) is 17.7 Å². The maximum atomic E-state index is 12.5. The molecule has 0 aliphatic heterocycles. The summed E-state index contributed by atoms with van der Waals surface area (Å²) in [7, 11) is 0. The zero-order valence-corrected chi connectivity index (χ0v) is 17.3. The Morgan fingerprint density at radius 2 is 1.50 bits per heavy atom. The number of nitrogens with one attached hydrogen (secondary N) is 3. The van der Waals surface area contributed by atoms with Crippen LogP contribution in [0.4, 0.5) is 0 Å². The van der Waals surface area contributed by atoms with Crippen molar-refractivity contribution in [2.24, 2.45) is 23.3 Å². The van der Waals surface area contributed by atoms with E-state index in [1.165, 1.54) is 6.92 Å². The molecule has 0 saturated carbocycles. The van der Waals surface area contributed by atoms with E-state index in [1.54, 1.807) is 6.92 Å². The van der Waals surface area contributed by atoms with Gasteiger partial charge in [0.05, 0.1) is 12.6 Å². The van der Waals surface area contributed by atoms with Crippen molar-refractivity contribution in [1.82, 2.24) is 16.0 Å². The second kappa shape index (κ2) is 12.3. The van der Waals surface area contributed by atoms with Gasteiger partial charge in [-0.1, -0.05) is 34.1 Å². The zero-order valence-electron chi connectivity index (χ0n) is 17.3. The summed E-state index contributed by atoms with van der Waals surface area (Å²) in [6, 6.07) is -3.65. The molecule has 0 rings (SSSR count). The standard InChI is InChI=1S/C18H35N5O5/c1-6-10(4)14(23-16(25)12(20)7-9(2)3)17(26)21-8-13(24)22-15(11(5)19)18(27)28/h9-12,14-15H,6-8,19-20H2,1-5H3,(H,21,26)(H,22,24)(H,23,25)(H,27,28)/t10-,11?,12-,14-,15-/m0/s1. The fourth-order valence-corrected chi connectivity index (χ4v) is 2.50. The Balaban J connectivity index is 4.88. The third kappa shape index (κ3) is 9.14. The lowest BCUT2D eigenvalue weighted by Crippen LogP contribution is -2.57. The second-order valence-electron chi connectivity index (χ2n) is 7.57. The van der Waals surface area contributed by atoms with Gasteiger partial charge >= 0.3 is 5.97 Å². The van der Waals surface area contributed by atoms with Crippen molar-refractivity contribution in [2.45, 2.75) is 71.6 Å². The van der Waals surface area contributed by atoms with E-state index in [4.69, 9.17) is 16.6 Å². The topological polar surface area (TPSA) is 177 Å². The minimum absolute atomic E-state index is 0.186. The molecule has 0 fully saturated rings. The number of carbonyl (C=O) groups excluding carboxylic acids is 3. The van der Waals surface area contributed by atoms with Gasteiger partial charge < -0.3 is 32.5 Å². The molecule has 0 aliphatic carbocycles. The van der Waals surface area contributed by atoms with Crippen molar-refractivity contribution in [2.75, 3.05) is 6.54 Å². The van der Waals surface area contributed by atoms with Crippen LogP contribution < -0.4 is 27.4 Å². The molecule has 162 valence electrons. The summed E-state index contributed by atoms with van der Waals surface area (Å²) >= 11 is 0. The monoisotopic (exact) mass is 401 g/mol. The lowest BCUT2D eigenvalue weighted by atomic mass is 9.97. The molecule has 5 atom stereocenters. The fraction of sp³-hybridized carbons (Fsp3) is 0.778. The Hall–Kier alpha value is -2.20.